The molecule has 1 saturated heterocycles. The van der Waals surface area contributed by atoms with Gasteiger partial charge in [0.05, 0.1) is 0 Å². The molecular formula is C14H16BrNO4. The Labute approximate surface area is 125 Å². The molecule has 5 nitrogen and oxygen atoms in total. The van der Waals surface area contributed by atoms with Crippen LogP contribution in [0.5, 0.6) is 0 Å². The molecule has 1 amide bonds. The van der Waals surface area contributed by atoms with Crippen molar-refractivity contribution in [3.8, 4) is 0 Å². The van der Waals surface area contributed by atoms with Gasteiger partial charge >= 0.3 is 5.97 Å². The molecule has 1 atom stereocenters. The topological polar surface area (TPSA) is 66.8 Å². The maximum Gasteiger partial charge on any atom is 0.340 e. The van der Waals surface area contributed by atoms with E-state index in [1.165, 1.54) is 0 Å². The van der Waals surface area contributed by atoms with Crippen LogP contribution in [0, 0.1) is 0 Å². The van der Waals surface area contributed by atoms with E-state index in [1.807, 2.05) is 0 Å². The molecule has 0 saturated carbocycles. The lowest BCUT2D eigenvalue weighted by molar-refractivity contribution is -0.159. The number of benzene rings is 1. The van der Waals surface area contributed by atoms with Crippen LogP contribution in [0.15, 0.2) is 28.7 Å². The minimum Gasteiger partial charge on any atom is -0.453 e. The standard InChI is InChI=1S/C14H16BrNO4/c15-11-5-3-10(4-6-11)13(18)14(19)20-9-12(17)16-7-1-2-8-16/h3-6,13,18H,1-2,7-9H2/t13-/m1/s1. The Morgan fingerprint density at radius 2 is 1.85 bits per heavy atom. The van der Waals surface area contributed by atoms with E-state index in [0.29, 0.717) is 18.7 Å². The largest absolute Gasteiger partial charge is 0.453 e. The van der Waals surface area contributed by atoms with Gasteiger partial charge in [-0.3, -0.25) is 4.79 Å². The number of aliphatic hydroxyl groups excluding tert-OH is 1. The highest BCUT2D eigenvalue weighted by Crippen LogP contribution is 2.18. The van der Waals surface area contributed by atoms with Gasteiger partial charge in [-0.25, -0.2) is 4.79 Å². The third-order valence-electron chi connectivity index (χ3n) is 3.21. The second-order valence-corrected chi connectivity index (χ2v) is 5.57. The van der Waals surface area contributed by atoms with E-state index in [2.05, 4.69) is 15.9 Å². The van der Waals surface area contributed by atoms with E-state index in [0.717, 1.165) is 17.3 Å². The maximum atomic E-state index is 11.7. The number of aliphatic hydroxyl groups is 1. The fourth-order valence-corrected chi connectivity index (χ4v) is 2.32. The molecule has 0 aliphatic carbocycles. The van der Waals surface area contributed by atoms with E-state index in [1.54, 1.807) is 29.2 Å². The number of halogens is 1. The van der Waals surface area contributed by atoms with Crippen molar-refractivity contribution < 1.29 is 19.4 Å². The van der Waals surface area contributed by atoms with Crippen LogP contribution >= 0.6 is 15.9 Å². The van der Waals surface area contributed by atoms with Crippen LogP contribution in [0.1, 0.15) is 24.5 Å². The minimum atomic E-state index is -1.37. The van der Waals surface area contributed by atoms with Crippen LogP contribution in [0.3, 0.4) is 0 Å². The van der Waals surface area contributed by atoms with Crippen molar-refractivity contribution in [1.82, 2.24) is 4.90 Å². The van der Waals surface area contributed by atoms with E-state index in [4.69, 9.17) is 4.74 Å². The normalized spacial score (nSPS) is 16.0. The van der Waals surface area contributed by atoms with E-state index in [-0.39, 0.29) is 12.5 Å². The van der Waals surface area contributed by atoms with Crippen molar-refractivity contribution in [2.75, 3.05) is 19.7 Å². The lowest BCUT2D eigenvalue weighted by atomic mass is 10.1. The Balaban J connectivity index is 1.84. The second kappa shape index (κ2) is 6.85. The number of carbonyl (C=O) groups is 2. The molecule has 0 aromatic heterocycles. The molecule has 20 heavy (non-hydrogen) atoms. The predicted molar refractivity (Wildman–Crippen MR) is 75.9 cm³/mol. The van der Waals surface area contributed by atoms with Crippen molar-refractivity contribution in [2.45, 2.75) is 18.9 Å². The molecule has 1 N–H and O–H groups in total. The second-order valence-electron chi connectivity index (χ2n) is 4.65. The van der Waals surface area contributed by atoms with Crippen LogP contribution in [-0.4, -0.2) is 41.6 Å². The smallest absolute Gasteiger partial charge is 0.340 e. The SMILES string of the molecule is O=C(OCC(=O)N1CCCC1)[C@H](O)c1ccc(Br)cc1. The Morgan fingerprint density at radius 1 is 1.25 bits per heavy atom. The van der Waals surface area contributed by atoms with Crippen molar-refractivity contribution in [1.29, 1.82) is 0 Å². The molecule has 0 spiro atoms. The van der Waals surface area contributed by atoms with Crippen molar-refractivity contribution in [3.05, 3.63) is 34.3 Å². The van der Waals surface area contributed by atoms with Gasteiger partial charge in [0.1, 0.15) is 0 Å². The van der Waals surface area contributed by atoms with Crippen LogP contribution in [0.4, 0.5) is 0 Å². The summed E-state index contributed by atoms with van der Waals surface area (Å²) in [5, 5.41) is 9.84. The minimum absolute atomic E-state index is 0.209. The highest BCUT2D eigenvalue weighted by atomic mass is 79.9. The van der Waals surface area contributed by atoms with Crippen molar-refractivity contribution in [3.63, 3.8) is 0 Å². The van der Waals surface area contributed by atoms with E-state index >= 15 is 0 Å². The zero-order chi connectivity index (χ0) is 14.5. The molecule has 0 radical (unpaired) electrons. The summed E-state index contributed by atoms with van der Waals surface area (Å²) in [6, 6.07) is 6.69. The average molecular weight is 342 g/mol. The first-order chi connectivity index (χ1) is 9.58. The first-order valence-electron chi connectivity index (χ1n) is 6.46. The number of carbonyl (C=O) groups excluding carboxylic acids is 2. The molecule has 1 aliphatic heterocycles. The third-order valence-corrected chi connectivity index (χ3v) is 3.73. The molecule has 6 heteroatoms. The van der Waals surface area contributed by atoms with Gasteiger partial charge in [0.25, 0.3) is 5.91 Å². The quantitative estimate of drug-likeness (QED) is 0.845. The molecule has 1 aromatic carbocycles. The van der Waals surface area contributed by atoms with Crippen molar-refractivity contribution >= 4 is 27.8 Å². The molecule has 1 aliphatic rings. The Hall–Kier alpha value is -1.40. The molecule has 2 rings (SSSR count). The molecule has 0 bridgehead atoms. The number of nitrogens with zero attached hydrogens (tertiary/aromatic N) is 1. The van der Waals surface area contributed by atoms with Crippen LogP contribution < -0.4 is 0 Å². The summed E-state index contributed by atoms with van der Waals surface area (Å²) in [5.41, 5.74) is 0.437. The summed E-state index contributed by atoms with van der Waals surface area (Å²) in [4.78, 5) is 25.1. The molecule has 1 heterocycles. The highest BCUT2D eigenvalue weighted by Gasteiger charge is 2.23. The van der Waals surface area contributed by atoms with Crippen LogP contribution in [-0.2, 0) is 14.3 Å². The van der Waals surface area contributed by atoms with Gasteiger partial charge in [0, 0.05) is 17.6 Å². The fourth-order valence-electron chi connectivity index (χ4n) is 2.05. The summed E-state index contributed by atoms with van der Waals surface area (Å²) in [7, 11) is 0. The summed E-state index contributed by atoms with van der Waals surface area (Å²) in [5.74, 6) is -1.02. The molecular weight excluding hydrogens is 326 g/mol. The van der Waals surface area contributed by atoms with Gasteiger partial charge in [-0.2, -0.15) is 0 Å². The van der Waals surface area contributed by atoms with Gasteiger partial charge in [0.2, 0.25) is 0 Å². The highest BCUT2D eigenvalue weighted by molar-refractivity contribution is 9.10. The molecule has 1 fully saturated rings. The van der Waals surface area contributed by atoms with Gasteiger partial charge in [-0.1, -0.05) is 28.1 Å². The number of amides is 1. The Kier molecular flexibility index (Phi) is 5.14. The summed E-state index contributed by atoms with van der Waals surface area (Å²) in [6.07, 6.45) is 0.608. The first-order valence-corrected chi connectivity index (χ1v) is 7.25. The first kappa shape index (κ1) is 15.0. The van der Waals surface area contributed by atoms with Gasteiger partial charge in [0.15, 0.2) is 12.7 Å². The van der Waals surface area contributed by atoms with Gasteiger partial charge in [-0.15, -0.1) is 0 Å². The number of rotatable bonds is 4. The fraction of sp³-hybridized carbons (Fsp3) is 0.429. The maximum absolute atomic E-state index is 11.7. The lowest BCUT2D eigenvalue weighted by Gasteiger charge is -2.16. The third kappa shape index (κ3) is 3.80. The summed E-state index contributed by atoms with van der Waals surface area (Å²) >= 11 is 3.27. The van der Waals surface area contributed by atoms with E-state index in [9.17, 15) is 14.7 Å². The zero-order valence-electron chi connectivity index (χ0n) is 10.9. The van der Waals surface area contributed by atoms with Crippen LogP contribution in [0.25, 0.3) is 0 Å². The monoisotopic (exact) mass is 341 g/mol. The number of esters is 1. The average Bonchev–Trinajstić information content (AvgIpc) is 2.98. The Morgan fingerprint density at radius 3 is 2.45 bits per heavy atom. The lowest BCUT2D eigenvalue weighted by Crippen LogP contribution is -2.32. The number of hydrogen-bond acceptors (Lipinski definition) is 4. The summed E-state index contributed by atoms with van der Waals surface area (Å²) < 4.78 is 5.72. The van der Waals surface area contributed by atoms with E-state index < -0.39 is 12.1 Å². The molecule has 1 aromatic rings. The number of ether oxygens (including phenoxy) is 1. The van der Waals surface area contributed by atoms with Gasteiger partial charge < -0.3 is 14.7 Å². The number of likely N-dealkylation sites (tertiary alicyclic amines) is 1. The molecule has 0 unspecified atom stereocenters. The Bertz CT molecular complexity index is 482. The summed E-state index contributed by atoms with van der Waals surface area (Å²) in [6.45, 7) is 1.11. The van der Waals surface area contributed by atoms with Gasteiger partial charge in [-0.05, 0) is 30.5 Å². The number of hydrogen-bond donors (Lipinski definition) is 1. The molecule has 108 valence electrons. The predicted octanol–water partition coefficient (Wildman–Crippen LogP) is 1.65. The zero-order valence-corrected chi connectivity index (χ0v) is 12.5. The van der Waals surface area contributed by atoms with Crippen LogP contribution in [0.2, 0.25) is 0 Å². The van der Waals surface area contributed by atoms with Crippen molar-refractivity contribution in [2.24, 2.45) is 0 Å².